The van der Waals surface area contributed by atoms with Crippen LogP contribution >= 0.6 is 23.1 Å². The van der Waals surface area contributed by atoms with Gasteiger partial charge < -0.3 is 10.1 Å². The second-order valence-corrected chi connectivity index (χ2v) is 9.33. The minimum atomic E-state index is -4.42. The molecule has 4 aromatic rings. The number of benzene rings is 2. The maximum absolute atomic E-state index is 12.6. The molecule has 11 heteroatoms. The summed E-state index contributed by atoms with van der Waals surface area (Å²) in [5.41, 5.74) is 2.01. The number of hydrogen-bond acceptors (Lipinski definition) is 7. The average Bonchev–Trinajstić information content (AvgIpc) is 3.24. The number of halogens is 3. The lowest BCUT2D eigenvalue weighted by Crippen LogP contribution is -2.14. The molecule has 0 radical (unpaired) electrons. The van der Waals surface area contributed by atoms with Gasteiger partial charge in [-0.1, -0.05) is 11.8 Å². The lowest BCUT2D eigenvalue weighted by atomic mass is 10.2. The summed E-state index contributed by atoms with van der Waals surface area (Å²) in [6.45, 7) is 1.91. The van der Waals surface area contributed by atoms with Crippen molar-refractivity contribution in [1.82, 2.24) is 15.2 Å². The Bertz CT molecular complexity index is 1310. The number of thioether (sulfide) groups is 1. The van der Waals surface area contributed by atoms with Crippen LogP contribution in [0, 0.1) is 6.92 Å². The highest BCUT2D eigenvalue weighted by Gasteiger charge is 2.30. The van der Waals surface area contributed by atoms with Crippen molar-refractivity contribution in [3.05, 3.63) is 71.9 Å². The second kappa shape index (κ2) is 10.4. The number of nitrogens with one attached hydrogen (secondary N) is 1. The van der Waals surface area contributed by atoms with Crippen molar-refractivity contribution in [2.24, 2.45) is 0 Å². The van der Waals surface area contributed by atoms with Crippen molar-refractivity contribution in [2.75, 3.05) is 18.2 Å². The predicted molar refractivity (Wildman–Crippen MR) is 131 cm³/mol. The third-order valence-corrected chi connectivity index (χ3v) is 7.00. The van der Waals surface area contributed by atoms with Crippen LogP contribution in [-0.2, 0) is 11.0 Å². The number of aryl methyl sites for hydroxylation is 1. The molecule has 180 valence electrons. The molecule has 4 rings (SSSR count). The molecule has 0 atom stereocenters. The molecule has 0 unspecified atom stereocenters. The van der Waals surface area contributed by atoms with Crippen molar-refractivity contribution in [2.45, 2.75) is 18.1 Å². The van der Waals surface area contributed by atoms with Gasteiger partial charge in [0.2, 0.25) is 5.91 Å². The van der Waals surface area contributed by atoms with Crippen LogP contribution in [0.4, 0.5) is 18.9 Å². The van der Waals surface area contributed by atoms with E-state index in [1.165, 1.54) is 35.2 Å². The van der Waals surface area contributed by atoms with Gasteiger partial charge in [-0.2, -0.15) is 13.2 Å². The number of thiazole rings is 1. The highest BCUT2D eigenvalue weighted by atomic mass is 32.2. The summed E-state index contributed by atoms with van der Waals surface area (Å²) in [5.74, 6) is 0.452. The largest absolute Gasteiger partial charge is 0.497 e. The first kappa shape index (κ1) is 24.7. The predicted octanol–water partition coefficient (Wildman–Crippen LogP) is 6.33. The maximum Gasteiger partial charge on any atom is 0.416 e. The number of alkyl halides is 3. The van der Waals surface area contributed by atoms with Gasteiger partial charge in [-0.15, -0.1) is 21.5 Å². The number of methoxy groups -OCH3 is 1. The van der Waals surface area contributed by atoms with Crippen LogP contribution in [0.25, 0.3) is 21.1 Å². The number of carbonyl (C=O) groups excluding carboxylic acids is 1. The summed E-state index contributed by atoms with van der Waals surface area (Å²) >= 11 is 2.69. The molecule has 0 spiro atoms. The van der Waals surface area contributed by atoms with Crippen molar-refractivity contribution in [3.63, 3.8) is 0 Å². The smallest absolute Gasteiger partial charge is 0.416 e. The molecule has 2 aromatic carbocycles. The molecule has 0 saturated carbocycles. The summed E-state index contributed by atoms with van der Waals surface area (Å²) in [4.78, 5) is 17.7. The van der Waals surface area contributed by atoms with E-state index in [0.29, 0.717) is 16.4 Å². The van der Waals surface area contributed by atoms with Gasteiger partial charge in [-0.3, -0.25) is 4.79 Å². The van der Waals surface area contributed by atoms with Gasteiger partial charge in [0.1, 0.15) is 21.5 Å². The van der Waals surface area contributed by atoms with E-state index in [1.54, 1.807) is 13.2 Å². The molecule has 0 saturated heterocycles. The molecule has 35 heavy (non-hydrogen) atoms. The molecule has 0 fully saturated rings. The SMILES string of the molecule is COc1ccc(-c2nc(C)c(-c3ccc(SCC(=O)Nc4ccc(C(F)(F)F)cc4)nn3)s2)cc1. The van der Waals surface area contributed by atoms with Crippen LogP contribution in [0.15, 0.2) is 65.7 Å². The third kappa shape index (κ3) is 6.17. The standard InChI is InChI=1S/C24H19F3N4O2S2/c1-14-22(35-23(28-14)15-3-9-18(33-2)10-4-15)19-11-12-21(31-30-19)34-13-20(32)29-17-7-5-16(6-8-17)24(25,26)27/h3-12H,13H2,1-2H3,(H,29,32). The molecule has 0 aliphatic rings. The zero-order chi connectivity index (χ0) is 25.0. The van der Waals surface area contributed by atoms with Crippen LogP contribution in [0.1, 0.15) is 11.3 Å². The van der Waals surface area contributed by atoms with Gasteiger partial charge in [0.05, 0.1) is 29.0 Å². The van der Waals surface area contributed by atoms with Gasteiger partial charge in [0, 0.05) is 11.3 Å². The molecule has 2 aromatic heterocycles. The first-order chi connectivity index (χ1) is 16.7. The van der Waals surface area contributed by atoms with Gasteiger partial charge in [0.25, 0.3) is 0 Å². The normalized spacial score (nSPS) is 11.3. The molecule has 6 nitrogen and oxygen atoms in total. The van der Waals surface area contributed by atoms with Crippen molar-refractivity contribution in [3.8, 4) is 26.9 Å². The Balaban J connectivity index is 1.36. The minimum Gasteiger partial charge on any atom is -0.497 e. The number of aromatic nitrogens is 3. The van der Waals surface area contributed by atoms with Gasteiger partial charge in [-0.05, 0) is 67.6 Å². The Morgan fingerprint density at radius 3 is 2.34 bits per heavy atom. The van der Waals surface area contributed by atoms with E-state index < -0.39 is 11.7 Å². The Morgan fingerprint density at radius 2 is 1.74 bits per heavy atom. The first-order valence-corrected chi connectivity index (χ1v) is 12.1. The zero-order valence-corrected chi connectivity index (χ0v) is 20.2. The molecule has 0 aliphatic carbocycles. The fourth-order valence-electron chi connectivity index (χ4n) is 3.09. The van der Waals surface area contributed by atoms with Crippen LogP contribution in [0.3, 0.4) is 0 Å². The van der Waals surface area contributed by atoms with E-state index in [9.17, 15) is 18.0 Å². The van der Waals surface area contributed by atoms with Crippen LogP contribution in [-0.4, -0.2) is 34.0 Å². The number of rotatable bonds is 7. The van der Waals surface area contributed by atoms with Gasteiger partial charge >= 0.3 is 6.18 Å². The van der Waals surface area contributed by atoms with E-state index in [-0.39, 0.29) is 11.7 Å². The van der Waals surface area contributed by atoms with Gasteiger partial charge in [-0.25, -0.2) is 4.98 Å². The maximum atomic E-state index is 12.6. The summed E-state index contributed by atoms with van der Waals surface area (Å²) in [6, 6.07) is 15.5. The van der Waals surface area contributed by atoms with E-state index in [4.69, 9.17) is 4.74 Å². The van der Waals surface area contributed by atoms with Crippen LogP contribution < -0.4 is 10.1 Å². The monoisotopic (exact) mass is 516 g/mol. The minimum absolute atomic E-state index is 0.0379. The Morgan fingerprint density at radius 1 is 1.03 bits per heavy atom. The average molecular weight is 517 g/mol. The number of hydrogen-bond donors (Lipinski definition) is 1. The van der Waals surface area contributed by atoms with Crippen molar-refractivity contribution < 1.29 is 22.7 Å². The van der Waals surface area contributed by atoms with E-state index in [0.717, 1.165) is 39.0 Å². The van der Waals surface area contributed by atoms with Crippen molar-refractivity contribution >= 4 is 34.7 Å². The number of amides is 1. The fourth-order valence-corrected chi connectivity index (χ4v) is 4.74. The highest BCUT2D eigenvalue weighted by Crippen LogP contribution is 2.35. The van der Waals surface area contributed by atoms with Crippen molar-refractivity contribution in [1.29, 1.82) is 0 Å². The molecular weight excluding hydrogens is 497 g/mol. The molecule has 2 heterocycles. The highest BCUT2D eigenvalue weighted by molar-refractivity contribution is 7.99. The molecule has 1 amide bonds. The Hall–Kier alpha value is -3.44. The van der Waals surface area contributed by atoms with Crippen LogP contribution in [0.5, 0.6) is 5.75 Å². The number of ether oxygens (including phenoxy) is 1. The van der Waals surface area contributed by atoms with Crippen LogP contribution in [0.2, 0.25) is 0 Å². The number of anilines is 1. The topological polar surface area (TPSA) is 77.0 Å². The molecule has 1 N–H and O–H groups in total. The molecular formula is C24H19F3N4O2S2. The molecule has 0 aliphatic heterocycles. The summed E-state index contributed by atoms with van der Waals surface area (Å²) in [7, 11) is 1.62. The lowest BCUT2D eigenvalue weighted by Gasteiger charge is -2.08. The molecule has 0 bridgehead atoms. The lowest BCUT2D eigenvalue weighted by molar-refractivity contribution is -0.137. The van der Waals surface area contributed by atoms with Gasteiger partial charge in [0.15, 0.2) is 0 Å². The number of carbonyl (C=O) groups is 1. The van der Waals surface area contributed by atoms with E-state index >= 15 is 0 Å². The van der Waals surface area contributed by atoms with E-state index in [1.807, 2.05) is 37.3 Å². The van der Waals surface area contributed by atoms with E-state index in [2.05, 4.69) is 20.5 Å². The summed E-state index contributed by atoms with van der Waals surface area (Å²) in [5, 5.41) is 12.5. The number of nitrogens with zero attached hydrogens (tertiary/aromatic N) is 3. The second-order valence-electron chi connectivity index (χ2n) is 7.33. The quantitative estimate of drug-likeness (QED) is 0.289. The fraction of sp³-hybridized carbons (Fsp3) is 0.167. The summed E-state index contributed by atoms with van der Waals surface area (Å²) in [6.07, 6.45) is -4.42. The Labute approximate surface area is 207 Å². The first-order valence-electron chi connectivity index (χ1n) is 10.3. The zero-order valence-electron chi connectivity index (χ0n) is 18.6. The Kier molecular flexibility index (Phi) is 7.37. The third-order valence-electron chi connectivity index (χ3n) is 4.85. The summed E-state index contributed by atoms with van der Waals surface area (Å²) < 4.78 is 43.1.